The maximum Gasteiger partial charge on any atom is 0.402 e. The summed E-state index contributed by atoms with van der Waals surface area (Å²) in [4.78, 5) is 22.4. The minimum atomic E-state index is -1.99. The third-order valence-electron chi connectivity index (χ3n) is 0.964. The van der Waals surface area contributed by atoms with Crippen molar-refractivity contribution < 1.29 is 18.4 Å². The summed E-state index contributed by atoms with van der Waals surface area (Å²) in [6.45, 7) is 11.0. The molecule has 0 saturated heterocycles. The highest BCUT2D eigenvalue weighted by Gasteiger charge is 2.29. The van der Waals surface area contributed by atoms with E-state index < -0.39 is 28.6 Å². The van der Waals surface area contributed by atoms with E-state index in [1.807, 2.05) is 39.3 Å². The Morgan fingerprint density at radius 1 is 0.714 bits per heavy atom. The van der Waals surface area contributed by atoms with Crippen molar-refractivity contribution >= 4 is 28.6 Å². The third-order valence-corrected chi connectivity index (χ3v) is 2.56. The van der Waals surface area contributed by atoms with Gasteiger partial charge in [0.2, 0.25) is 16.6 Å². The van der Waals surface area contributed by atoms with Gasteiger partial charge >= 0.3 is 11.9 Å². The first-order chi connectivity index (χ1) is 6.01. The van der Waals surface area contributed by atoms with Crippen molar-refractivity contribution in [1.29, 1.82) is 0 Å². The van der Waals surface area contributed by atoms with Gasteiger partial charge < -0.3 is 8.85 Å². The second kappa shape index (κ2) is 4.26. The minimum Gasteiger partial charge on any atom is -0.512 e. The van der Waals surface area contributed by atoms with Crippen LogP contribution in [0.3, 0.4) is 0 Å². The summed E-state index contributed by atoms with van der Waals surface area (Å²) in [6, 6.07) is 0. The molecule has 0 bridgehead atoms. The number of hydrogen-bond acceptors (Lipinski definition) is 4. The summed E-state index contributed by atoms with van der Waals surface area (Å²) < 4.78 is 9.99. The minimum absolute atomic E-state index is 0.855. The molecule has 0 aromatic carbocycles. The van der Waals surface area contributed by atoms with E-state index in [4.69, 9.17) is 8.85 Å². The fourth-order valence-corrected chi connectivity index (χ4v) is 1.92. The lowest BCUT2D eigenvalue weighted by atomic mass is 10.7. The van der Waals surface area contributed by atoms with Gasteiger partial charge in [-0.1, -0.05) is 0 Å². The molecule has 0 saturated carbocycles. The number of carbonyl (C=O) groups excluding carboxylic acids is 2. The van der Waals surface area contributed by atoms with Gasteiger partial charge in [-0.15, -0.1) is 0 Å². The van der Waals surface area contributed by atoms with Crippen molar-refractivity contribution in [1.82, 2.24) is 0 Å². The Morgan fingerprint density at radius 2 is 0.929 bits per heavy atom. The molecule has 0 aromatic heterocycles. The van der Waals surface area contributed by atoms with Crippen molar-refractivity contribution in [3.8, 4) is 0 Å². The topological polar surface area (TPSA) is 52.6 Å². The largest absolute Gasteiger partial charge is 0.512 e. The molecule has 0 fully saturated rings. The lowest BCUT2D eigenvalue weighted by Gasteiger charge is -2.20. The Hall–Kier alpha value is -0.626. The standard InChI is InChI=1S/C8H18O4Si2/c1-13(2,3)11-7(9)8(10)12-14(4,5)6/h1-6H3. The highest BCUT2D eigenvalue weighted by molar-refractivity contribution is 6.74. The molecule has 82 valence electrons. The Balaban J connectivity index is 4.22. The van der Waals surface area contributed by atoms with Gasteiger partial charge in [-0.2, -0.15) is 0 Å². The zero-order chi connectivity index (χ0) is 11.6. The molecular weight excluding hydrogens is 216 g/mol. The molecule has 0 aromatic rings. The summed E-state index contributed by atoms with van der Waals surface area (Å²) >= 11 is 0. The molecule has 0 heterocycles. The highest BCUT2D eigenvalue weighted by Crippen LogP contribution is 2.07. The predicted octanol–water partition coefficient (Wildman–Crippen LogP) is 1.74. The second-order valence-electron chi connectivity index (χ2n) is 5.00. The van der Waals surface area contributed by atoms with Crippen LogP contribution in [0.1, 0.15) is 0 Å². The van der Waals surface area contributed by atoms with Crippen LogP contribution in [-0.4, -0.2) is 28.6 Å². The molecule has 0 unspecified atom stereocenters. The Kier molecular flexibility index (Phi) is 4.07. The molecular formula is C8H18O4Si2. The molecule has 0 aliphatic heterocycles. The summed E-state index contributed by atoms with van der Waals surface area (Å²) in [5.74, 6) is -1.71. The molecule has 6 heteroatoms. The normalized spacial score (nSPS) is 12.1. The zero-order valence-corrected chi connectivity index (χ0v) is 11.6. The molecule has 0 N–H and O–H groups in total. The molecule has 0 radical (unpaired) electrons. The molecule has 0 rings (SSSR count). The van der Waals surface area contributed by atoms with Gasteiger partial charge in [-0.25, -0.2) is 9.59 Å². The molecule has 0 spiro atoms. The number of hydrogen-bond donors (Lipinski definition) is 0. The molecule has 0 aliphatic carbocycles. The van der Waals surface area contributed by atoms with Crippen LogP contribution in [0.4, 0.5) is 0 Å². The highest BCUT2D eigenvalue weighted by atomic mass is 28.4. The molecule has 0 amide bonds. The maximum atomic E-state index is 11.2. The van der Waals surface area contributed by atoms with Crippen molar-refractivity contribution in [3.05, 3.63) is 0 Å². The van der Waals surface area contributed by atoms with Crippen LogP contribution in [0.25, 0.3) is 0 Å². The summed E-state index contributed by atoms with van der Waals surface area (Å²) in [5, 5.41) is 0. The fourth-order valence-electron chi connectivity index (χ4n) is 0.640. The van der Waals surface area contributed by atoms with E-state index in [9.17, 15) is 9.59 Å². The first-order valence-corrected chi connectivity index (χ1v) is 11.3. The van der Waals surface area contributed by atoms with Crippen molar-refractivity contribution in [2.75, 3.05) is 0 Å². The average Bonchev–Trinajstić information content (AvgIpc) is 1.78. The van der Waals surface area contributed by atoms with E-state index in [1.165, 1.54) is 0 Å². The predicted molar refractivity (Wildman–Crippen MR) is 58.9 cm³/mol. The van der Waals surface area contributed by atoms with E-state index in [0.717, 1.165) is 0 Å². The van der Waals surface area contributed by atoms with Crippen molar-refractivity contribution in [2.45, 2.75) is 39.3 Å². The summed E-state index contributed by atoms with van der Waals surface area (Å²) in [6.07, 6.45) is 0. The lowest BCUT2D eigenvalue weighted by Crippen LogP contribution is -2.38. The van der Waals surface area contributed by atoms with Crippen LogP contribution in [0.5, 0.6) is 0 Å². The van der Waals surface area contributed by atoms with Crippen LogP contribution >= 0.6 is 0 Å². The third kappa shape index (κ3) is 6.84. The van der Waals surface area contributed by atoms with Crippen molar-refractivity contribution in [2.24, 2.45) is 0 Å². The quantitative estimate of drug-likeness (QED) is 0.539. The van der Waals surface area contributed by atoms with Crippen LogP contribution in [0, 0.1) is 0 Å². The van der Waals surface area contributed by atoms with E-state index in [2.05, 4.69) is 0 Å². The monoisotopic (exact) mass is 234 g/mol. The zero-order valence-electron chi connectivity index (χ0n) is 9.63. The SMILES string of the molecule is C[Si](C)(C)OC(=O)C(=O)O[Si](C)(C)C. The van der Waals surface area contributed by atoms with Gasteiger partial charge in [0, 0.05) is 0 Å². The molecule has 0 aliphatic rings. The average molecular weight is 234 g/mol. The maximum absolute atomic E-state index is 11.2. The number of carbonyl (C=O) groups is 2. The van der Waals surface area contributed by atoms with Gasteiger partial charge in [0.25, 0.3) is 0 Å². The van der Waals surface area contributed by atoms with Gasteiger partial charge in [0.05, 0.1) is 0 Å². The summed E-state index contributed by atoms with van der Waals surface area (Å²) in [5.41, 5.74) is 0. The lowest BCUT2D eigenvalue weighted by molar-refractivity contribution is -0.157. The van der Waals surface area contributed by atoms with Gasteiger partial charge in [0.1, 0.15) is 0 Å². The van der Waals surface area contributed by atoms with E-state index in [-0.39, 0.29) is 0 Å². The first kappa shape index (κ1) is 13.4. The summed E-state index contributed by atoms with van der Waals surface area (Å²) in [7, 11) is -3.99. The first-order valence-electron chi connectivity index (χ1n) is 4.47. The molecule has 14 heavy (non-hydrogen) atoms. The van der Waals surface area contributed by atoms with E-state index >= 15 is 0 Å². The van der Waals surface area contributed by atoms with E-state index in [0.29, 0.717) is 0 Å². The fraction of sp³-hybridized carbons (Fsp3) is 0.750. The Labute approximate surface area is 86.9 Å². The van der Waals surface area contributed by atoms with Crippen LogP contribution < -0.4 is 0 Å². The van der Waals surface area contributed by atoms with Crippen LogP contribution in [0.2, 0.25) is 39.3 Å². The van der Waals surface area contributed by atoms with E-state index in [1.54, 1.807) is 0 Å². The van der Waals surface area contributed by atoms with Gasteiger partial charge in [-0.05, 0) is 39.3 Å². The smallest absolute Gasteiger partial charge is 0.402 e. The molecule has 4 nitrogen and oxygen atoms in total. The number of rotatable bonds is 2. The van der Waals surface area contributed by atoms with Crippen molar-refractivity contribution in [3.63, 3.8) is 0 Å². The second-order valence-corrected chi connectivity index (χ2v) is 13.9. The molecule has 0 atom stereocenters. The van der Waals surface area contributed by atoms with Gasteiger partial charge in [0.15, 0.2) is 0 Å². The van der Waals surface area contributed by atoms with Gasteiger partial charge in [-0.3, -0.25) is 0 Å². The van der Waals surface area contributed by atoms with Crippen LogP contribution in [-0.2, 0) is 18.4 Å². The Bertz CT molecular complexity index is 211. The van der Waals surface area contributed by atoms with Crippen LogP contribution in [0.15, 0.2) is 0 Å². The Morgan fingerprint density at radius 3 is 1.07 bits per heavy atom.